The summed E-state index contributed by atoms with van der Waals surface area (Å²) in [5.41, 5.74) is -0.682. The van der Waals surface area contributed by atoms with Crippen LogP contribution in [0.3, 0.4) is 0 Å². The van der Waals surface area contributed by atoms with Gasteiger partial charge in [0, 0.05) is 24.0 Å². The number of hydrogen-bond donors (Lipinski definition) is 1. The first-order chi connectivity index (χ1) is 10.4. The first-order valence-electron chi connectivity index (χ1n) is 7.15. The average Bonchev–Trinajstić information content (AvgIpc) is 2.52. The lowest BCUT2D eigenvalue weighted by molar-refractivity contribution is -0.137. The molecule has 1 amide bonds. The summed E-state index contributed by atoms with van der Waals surface area (Å²) >= 11 is 1.15. The molecule has 0 aromatic heterocycles. The van der Waals surface area contributed by atoms with Crippen molar-refractivity contribution in [2.24, 2.45) is 0 Å². The van der Waals surface area contributed by atoms with Gasteiger partial charge in [0.2, 0.25) is 5.91 Å². The molecule has 1 aromatic rings. The van der Waals surface area contributed by atoms with Crippen LogP contribution in [-0.4, -0.2) is 42.7 Å². The molecule has 1 N–H and O–H groups in total. The second-order valence-corrected chi connectivity index (χ2v) is 6.33. The van der Waals surface area contributed by atoms with Crippen LogP contribution in [-0.2, 0) is 11.0 Å². The maximum absolute atomic E-state index is 12.6. The van der Waals surface area contributed by atoms with Crippen LogP contribution in [0.5, 0.6) is 0 Å². The molecule has 1 saturated heterocycles. The van der Waals surface area contributed by atoms with Gasteiger partial charge in [-0.2, -0.15) is 13.2 Å². The summed E-state index contributed by atoms with van der Waals surface area (Å²) < 4.78 is 37.9. The Labute approximate surface area is 132 Å². The maximum atomic E-state index is 12.6. The molecular formula is C15H19F3N2OS. The molecule has 1 fully saturated rings. The average molecular weight is 332 g/mol. The van der Waals surface area contributed by atoms with Crippen LogP contribution in [0.15, 0.2) is 29.2 Å². The van der Waals surface area contributed by atoms with Gasteiger partial charge in [0.1, 0.15) is 0 Å². The van der Waals surface area contributed by atoms with Crippen molar-refractivity contribution in [3.8, 4) is 0 Å². The van der Waals surface area contributed by atoms with Crippen molar-refractivity contribution < 1.29 is 18.0 Å². The van der Waals surface area contributed by atoms with E-state index in [-0.39, 0.29) is 11.7 Å². The minimum Gasteiger partial charge on any atom is -0.340 e. The Kier molecular flexibility index (Phi) is 5.74. The third kappa shape index (κ3) is 4.64. The Balaban J connectivity index is 1.91. The zero-order valence-corrected chi connectivity index (χ0v) is 13.1. The van der Waals surface area contributed by atoms with Crippen molar-refractivity contribution in [3.05, 3.63) is 29.8 Å². The summed E-state index contributed by atoms with van der Waals surface area (Å²) in [6.45, 7) is 1.39. The number of thioether (sulfide) groups is 1. The molecule has 7 heteroatoms. The molecule has 1 aromatic carbocycles. The Hall–Kier alpha value is -1.21. The number of likely N-dealkylation sites (N-methyl/N-ethyl adjacent to an activating group) is 1. The van der Waals surface area contributed by atoms with Gasteiger partial charge in [0.15, 0.2) is 0 Å². The number of likely N-dealkylation sites (tertiary alicyclic amines) is 1. The number of rotatable bonds is 4. The van der Waals surface area contributed by atoms with Crippen molar-refractivity contribution in [2.75, 3.05) is 25.9 Å². The highest BCUT2D eigenvalue weighted by atomic mass is 32.2. The molecule has 0 saturated carbocycles. The van der Waals surface area contributed by atoms with Crippen LogP contribution in [0.1, 0.15) is 18.4 Å². The first-order valence-corrected chi connectivity index (χ1v) is 8.14. The minimum absolute atomic E-state index is 0.0256. The Morgan fingerprint density at radius 1 is 1.45 bits per heavy atom. The summed E-state index contributed by atoms with van der Waals surface area (Å²) in [5.74, 6) is 0.139. The number of amides is 1. The summed E-state index contributed by atoms with van der Waals surface area (Å²) in [5, 5.41) is 3.16. The van der Waals surface area contributed by atoms with E-state index in [0.717, 1.165) is 43.3 Å². The van der Waals surface area contributed by atoms with Crippen LogP contribution in [0, 0.1) is 0 Å². The fourth-order valence-electron chi connectivity index (χ4n) is 2.44. The fraction of sp³-hybridized carbons (Fsp3) is 0.533. The SMILES string of the molecule is CNC1CCCN(C(=O)CSc2cccc(C(F)(F)F)c2)C1. The van der Waals surface area contributed by atoms with Crippen LogP contribution in [0.25, 0.3) is 0 Å². The van der Waals surface area contributed by atoms with Crippen LogP contribution in [0.2, 0.25) is 0 Å². The summed E-state index contributed by atoms with van der Waals surface area (Å²) in [6.07, 6.45) is -2.36. The van der Waals surface area contributed by atoms with E-state index in [1.807, 2.05) is 7.05 Å². The van der Waals surface area contributed by atoms with E-state index in [4.69, 9.17) is 0 Å². The minimum atomic E-state index is -4.35. The first kappa shape index (κ1) is 17.1. The van der Waals surface area contributed by atoms with Gasteiger partial charge in [0.05, 0.1) is 11.3 Å². The molecular weight excluding hydrogens is 313 g/mol. The highest BCUT2D eigenvalue weighted by Gasteiger charge is 2.30. The molecule has 1 atom stereocenters. The molecule has 0 spiro atoms. The van der Waals surface area contributed by atoms with Crippen molar-refractivity contribution in [1.82, 2.24) is 10.2 Å². The normalized spacial score (nSPS) is 19.3. The number of carbonyl (C=O) groups is 1. The van der Waals surface area contributed by atoms with E-state index in [1.165, 1.54) is 6.07 Å². The summed E-state index contributed by atoms with van der Waals surface area (Å²) in [4.78, 5) is 14.4. The summed E-state index contributed by atoms with van der Waals surface area (Å²) in [6, 6.07) is 5.39. The van der Waals surface area contributed by atoms with Gasteiger partial charge in [-0.05, 0) is 38.1 Å². The third-order valence-corrected chi connectivity index (χ3v) is 4.68. The van der Waals surface area contributed by atoms with Gasteiger partial charge >= 0.3 is 6.18 Å². The molecule has 122 valence electrons. The highest BCUT2D eigenvalue weighted by Crippen LogP contribution is 2.32. The monoisotopic (exact) mass is 332 g/mol. The summed E-state index contributed by atoms with van der Waals surface area (Å²) in [7, 11) is 1.87. The number of piperidine rings is 1. The van der Waals surface area contributed by atoms with Gasteiger partial charge in [-0.15, -0.1) is 11.8 Å². The number of halogens is 3. The fourth-order valence-corrected chi connectivity index (χ4v) is 3.30. The van der Waals surface area contributed by atoms with E-state index in [1.54, 1.807) is 11.0 Å². The molecule has 1 heterocycles. The predicted molar refractivity (Wildman–Crippen MR) is 80.8 cm³/mol. The number of benzene rings is 1. The van der Waals surface area contributed by atoms with Crippen molar-refractivity contribution in [1.29, 1.82) is 0 Å². The van der Waals surface area contributed by atoms with E-state index in [0.29, 0.717) is 17.5 Å². The molecule has 0 aliphatic carbocycles. The lowest BCUT2D eigenvalue weighted by Gasteiger charge is -2.32. The lowest BCUT2D eigenvalue weighted by Crippen LogP contribution is -2.47. The van der Waals surface area contributed by atoms with Crippen molar-refractivity contribution in [3.63, 3.8) is 0 Å². The standard InChI is InChI=1S/C15H19F3N2OS/c1-19-12-5-3-7-20(9-12)14(21)10-22-13-6-2-4-11(8-13)15(16,17)18/h2,4,6,8,12,19H,3,5,7,9-10H2,1H3. The third-order valence-electron chi connectivity index (χ3n) is 3.71. The van der Waals surface area contributed by atoms with Crippen LogP contribution >= 0.6 is 11.8 Å². The molecule has 2 rings (SSSR count). The van der Waals surface area contributed by atoms with E-state index < -0.39 is 11.7 Å². The molecule has 1 unspecified atom stereocenters. The highest BCUT2D eigenvalue weighted by molar-refractivity contribution is 8.00. The zero-order chi connectivity index (χ0) is 16.2. The maximum Gasteiger partial charge on any atom is 0.416 e. The molecule has 22 heavy (non-hydrogen) atoms. The quantitative estimate of drug-likeness (QED) is 0.860. The Bertz CT molecular complexity index is 522. The number of carbonyl (C=O) groups excluding carboxylic acids is 1. The number of nitrogens with zero attached hydrogens (tertiary/aromatic N) is 1. The topological polar surface area (TPSA) is 32.3 Å². The van der Waals surface area contributed by atoms with Crippen molar-refractivity contribution >= 4 is 17.7 Å². The second kappa shape index (κ2) is 7.37. The molecule has 3 nitrogen and oxygen atoms in total. The smallest absolute Gasteiger partial charge is 0.340 e. The van der Waals surface area contributed by atoms with Crippen LogP contribution < -0.4 is 5.32 Å². The second-order valence-electron chi connectivity index (χ2n) is 5.28. The van der Waals surface area contributed by atoms with Gasteiger partial charge in [-0.1, -0.05) is 6.07 Å². The van der Waals surface area contributed by atoms with E-state index in [2.05, 4.69) is 5.32 Å². The molecule has 1 aliphatic heterocycles. The molecule has 0 bridgehead atoms. The van der Waals surface area contributed by atoms with E-state index in [9.17, 15) is 18.0 Å². The van der Waals surface area contributed by atoms with Crippen LogP contribution in [0.4, 0.5) is 13.2 Å². The molecule has 1 aliphatic rings. The number of alkyl halides is 3. The largest absolute Gasteiger partial charge is 0.416 e. The number of nitrogens with one attached hydrogen (secondary N) is 1. The zero-order valence-electron chi connectivity index (χ0n) is 12.3. The van der Waals surface area contributed by atoms with Gasteiger partial charge < -0.3 is 10.2 Å². The Morgan fingerprint density at radius 3 is 2.91 bits per heavy atom. The van der Waals surface area contributed by atoms with Gasteiger partial charge in [0.25, 0.3) is 0 Å². The van der Waals surface area contributed by atoms with Crippen molar-refractivity contribution in [2.45, 2.75) is 30.0 Å². The Morgan fingerprint density at radius 2 is 2.23 bits per heavy atom. The number of hydrogen-bond acceptors (Lipinski definition) is 3. The van der Waals surface area contributed by atoms with Gasteiger partial charge in [-0.25, -0.2) is 0 Å². The van der Waals surface area contributed by atoms with Gasteiger partial charge in [-0.3, -0.25) is 4.79 Å². The molecule has 0 radical (unpaired) electrons. The van der Waals surface area contributed by atoms with E-state index >= 15 is 0 Å². The lowest BCUT2D eigenvalue weighted by atomic mass is 10.1. The predicted octanol–water partition coefficient (Wildman–Crippen LogP) is 3.01.